The second kappa shape index (κ2) is 17.0. The molecule has 77 heavy (non-hydrogen) atoms. The second-order valence-corrected chi connectivity index (χ2v) is 20.7. The van der Waals surface area contributed by atoms with Crippen LogP contribution in [0.25, 0.3) is 44.8 Å². The fourth-order valence-corrected chi connectivity index (χ4v) is 11.9. The molecule has 9 aromatic carbocycles. The number of aromatic nitrogens is 4. The quantitative estimate of drug-likeness (QED) is 0.115. The van der Waals surface area contributed by atoms with Gasteiger partial charge in [0.2, 0.25) is 5.78 Å². The van der Waals surface area contributed by atoms with Crippen molar-refractivity contribution in [2.45, 2.75) is 26.2 Å². The van der Waals surface area contributed by atoms with Crippen LogP contribution in [0.4, 0.5) is 39.8 Å². The number of anilines is 7. The zero-order valence-corrected chi connectivity index (χ0v) is 44.2. The molecule has 3 aromatic heterocycles. The molecule has 0 N–H and O–H groups in total. The van der Waals surface area contributed by atoms with Gasteiger partial charge in [-0.15, -0.1) is 48.8 Å². The summed E-state index contributed by atoms with van der Waals surface area (Å²) in [6.45, 7) is 8.76. The third kappa shape index (κ3) is 6.79. The molecule has 10 nitrogen and oxygen atoms in total. The Morgan fingerprint density at radius 3 is 1.94 bits per heavy atom. The van der Waals surface area contributed by atoms with Gasteiger partial charge in [-0.05, 0) is 117 Å². The first kappa shape index (κ1) is 45.4. The normalized spacial score (nSPS) is 13.6. The molecular weight excluding hydrogens is 1130 g/mol. The third-order valence-corrected chi connectivity index (χ3v) is 15.3. The van der Waals surface area contributed by atoms with E-state index in [2.05, 4.69) is 203 Å². The van der Waals surface area contributed by atoms with Crippen LogP contribution in [0, 0.1) is 18.8 Å². The summed E-state index contributed by atoms with van der Waals surface area (Å²) in [6, 6.07) is 74.5. The van der Waals surface area contributed by atoms with Gasteiger partial charge in [-0.25, -0.2) is 9.97 Å². The van der Waals surface area contributed by atoms with Crippen molar-refractivity contribution in [3.8, 4) is 51.4 Å². The summed E-state index contributed by atoms with van der Waals surface area (Å²) < 4.78 is 24.5. The van der Waals surface area contributed by atoms with E-state index in [1.165, 1.54) is 5.56 Å². The minimum absolute atomic E-state index is 0. The molecule has 0 aliphatic carbocycles. The number of hydrogen-bond donors (Lipinski definition) is 0. The maximum Gasteiger partial charge on any atom is 0.266 e. The first-order valence-electron chi connectivity index (χ1n) is 25.6. The zero-order chi connectivity index (χ0) is 50.4. The smallest absolute Gasteiger partial charge is 0.266 e. The van der Waals surface area contributed by atoms with Gasteiger partial charge in [-0.2, -0.15) is 6.07 Å². The number of para-hydroxylation sites is 5. The van der Waals surface area contributed by atoms with Crippen LogP contribution in [0.15, 0.2) is 200 Å². The molecule has 0 spiro atoms. The summed E-state index contributed by atoms with van der Waals surface area (Å²) in [5.41, 5.74) is 17.2. The largest absolute Gasteiger partial charge is 0.509 e. The summed E-state index contributed by atoms with van der Waals surface area (Å²) in [4.78, 5) is 17.0. The van der Waals surface area contributed by atoms with Gasteiger partial charge in [0.25, 0.3) is 6.71 Å². The topological polar surface area (TPSA) is 72.5 Å². The molecule has 4 aliphatic heterocycles. The molecule has 0 unspecified atom stereocenters. The minimum Gasteiger partial charge on any atom is -0.509 e. The third-order valence-electron chi connectivity index (χ3n) is 15.3. The van der Waals surface area contributed by atoms with Gasteiger partial charge in [-0.1, -0.05) is 106 Å². The van der Waals surface area contributed by atoms with E-state index in [4.69, 9.17) is 24.2 Å². The molecule has 0 fully saturated rings. The van der Waals surface area contributed by atoms with E-state index < -0.39 is 0 Å². The number of hydrogen-bond acceptors (Lipinski definition) is 8. The van der Waals surface area contributed by atoms with Crippen LogP contribution in [0.1, 0.15) is 26.3 Å². The Labute approximate surface area is 459 Å². The van der Waals surface area contributed by atoms with E-state index >= 15 is 0 Å². The van der Waals surface area contributed by atoms with Crippen molar-refractivity contribution in [1.82, 2.24) is 18.9 Å². The van der Waals surface area contributed by atoms with Crippen molar-refractivity contribution in [2.75, 3.05) is 14.7 Å². The van der Waals surface area contributed by atoms with Gasteiger partial charge in [0.1, 0.15) is 28.8 Å². The molecule has 0 saturated carbocycles. The van der Waals surface area contributed by atoms with Crippen LogP contribution in [-0.2, 0) is 26.5 Å². The van der Waals surface area contributed by atoms with Crippen LogP contribution < -0.4 is 45.3 Å². The molecule has 12 heteroatoms. The maximum absolute atomic E-state index is 6.77. The molecule has 0 amide bonds. The first-order valence-corrected chi connectivity index (χ1v) is 25.6. The summed E-state index contributed by atoms with van der Waals surface area (Å²) in [5, 5.41) is 0. The average molecular weight is 1180 g/mol. The van der Waals surface area contributed by atoms with Gasteiger partial charge in [0.05, 0.1) is 16.7 Å². The predicted molar refractivity (Wildman–Crippen MR) is 303 cm³/mol. The maximum atomic E-state index is 6.77. The van der Waals surface area contributed by atoms with E-state index in [1.807, 2.05) is 60.8 Å². The first-order chi connectivity index (χ1) is 37.3. The summed E-state index contributed by atoms with van der Waals surface area (Å²) in [7, 11) is 0. The second-order valence-electron chi connectivity index (χ2n) is 20.7. The molecule has 372 valence electrons. The van der Waals surface area contributed by atoms with Crippen LogP contribution in [0.3, 0.4) is 0 Å². The van der Waals surface area contributed by atoms with Crippen molar-refractivity contribution in [2.24, 2.45) is 0 Å². The van der Waals surface area contributed by atoms with Gasteiger partial charge in [0, 0.05) is 78.2 Å². The Bertz CT molecular complexity index is 4340. The molecule has 0 bridgehead atoms. The molecule has 0 atom stereocenters. The number of pyridine rings is 1. The van der Waals surface area contributed by atoms with Crippen LogP contribution >= 0.6 is 0 Å². The van der Waals surface area contributed by atoms with Crippen LogP contribution in [0.5, 0.6) is 34.5 Å². The Morgan fingerprint density at radius 2 is 1.18 bits per heavy atom. The molecule has 7 heterocycles. The van der Waals surface area contributed by atoms with E-state index in [-0.39, 0.29) is 33.2 Å². The van der Waals surface area contributed by atoms with E-state index in [0.717, 1.165) is 124 Å². The fraction of sp³-hybridized carbons (Fsp3) is 0.0615. The number of imidazole rings is 2. The number of ether oxygens (including phenoxy) is 3. The van der Waals surface area contributed by atoms with E-state index in [1.54, 1.807) is 0 Å². The number of benzene rings is 9. The van der Waals surface area contributed by atoms with Crippen molar-refractivity contribution in [3.05, 3.63) is 225 Å². The van der Waals surface area contributed by atoms with Crippen molar-refractivity contribution in [3.63, 3.8) is 0 Å². The molecule has 0 saturated heterocycles. The predicted octanol–water partition coefficient (Wildman–Crippen LogP) is 14.1. The Morgan fingerprint density at radius 1 is 0.558 bits per heavy atom. The van der Waals surface area contributed by atoms with E-state index in [9.17, 15) is 0 Å². The van der Waals surface area contributed by atoms with Gasteiger partial charge >= 0.3 is 0 Å². The molecular formula is C65H43BN7O3Pt-3. The number of nitrogens with zero attached hydrogens (tertiary/aromatic N) is 7. The summed E-state index contributed by atoms with van der Waals surface area (Å²) in [6.07, 6.45) is 1.88. The van der Waals surface area contributed by atoms with Crippen molar-refractivity contribution < 1.29 is 35.3 Å². The number of fused-ring (bicyclic) bond motifs is 6. The van der Waals surface area contributed by atoms with E-state index in [0.29, 0.717) is 11.5 Å². The standard InChI is InChI=1S/C65H43BN7O3.Pt/c1-65(2,3)41-34-35-67-59(36-41)73-54-38-44(32-33-50(54)72-47-22-8-7-21-46(47)68-64(72)73)74-43-19-11-18-42(37-43)69-39-70(49-24-10-9-23-48(49)69)63-45(40-16-5-4-6-17-40)20-12-27-53(63)71-51-25-13-28-55-60(51)66-61-52(71)26-14-29-56(61)76-58-31-15-30-57(75-55)62(58)66;/h4-36,39H,1-3H3;/q-3;. The molecule has 4 aliphatic rings. The molecule has 0 radical (unpaired) electrons. The van der Waals surface area contributed by atoms with Gasteiger partial charge in [-0.3, -0.25) is 4.57 Å². The monoisotopic (exact) mass is 1180 g/mol. The summed E-state index contributed by atoms with van der Waals surface area (Å²) >= 11 is 0. The zero-order valence-electron chi connectivity index (χ0n) is 41.9. The van der Waals surface area contributed by atoms with Gasteiger partial charge < -0.3 is 33.3 Å². The SMILES string of the molecule is CC(C)(C)c1ccnc(-n2c3[c-]c(Oc4[c-]c(N5[CH-]N(c6c(-c7ccccc7)cccc6N6c7cccc8c7B7c9c(cccc9Oc9cccc6c97)O8)c6ccccc65)ccc4)ccc3n3c4ccccc4nc23)c1.[Pt]. The Hall–Kier alpha value is -9.05. The van der Waals surface area contributed by atoms with Crippen LogP contribution in [-0.4, -0.2) is 25.6 Å². The Kier molecular flexibility index (Phi) is 10.0. The van der Waals surface area contributed by atoms with Crippen molar-refractivity contribution in [1.29, 1.82) is 0 Å². The molecule has 16 rings (SSSR count). The van der Waals surface area contributed by atoms with Crippen molar-refractivity contribution >= 4 is 90.8 Å². The number of rotatable bonds is 7. The van der Waals surface area contributed by atoms with Crippen LogP contribution in [0.2, 0.25) is 0 Å². The molecule has 12 aromatic rings. The fourth-order valence-electron chi connectivity index (χ4n) is 11.9. The average Bonchev–Trinajstić information content (AvgIpc) is 4.25. The summed E-state index contributed by atoms with van der Waals surface area (Å²) in [5.74, 6) is 5.96. The minimum atomic E-state index is -0.0835. The van der Waals surface area contributed by atoms with Gasteiger partial charge in [0.15, 0.2) is 0 Å². The Balaban J connectivity index is 0.00000518.